The molecule has 0 saturated carbocycles. The van der Waals surface area contributed by atoms with Crippen molar-refractivity contribution in [2.45, 2.75) is 61.7 Å². The van der Waals surface area contributed by atoms with Crippen molar-refractivity contribution >= 4 is 47.1 Å². The minimum atomic E-state index is 0.0842. The van der Waals surface area contributed by atoms with Crippen LogP contribution in [0.4, 0.5) is 0 Å². The molecule has 12 rings (SSSR count). The second-order valence-corrected chi connectivity index (χ2v) is 18.6. The van der Waals surface area contributed by atoms with Crippen LogP contribution in [-0.2, 0) is 0 Å². The predicted molar refractivity (Wildman–Crippen MR) is 382 cm³/mol. The molecule has 9 aromatic carbocycles. The second kappa shape index (κ2) is 39.4. The van der Waals surface area contributed by atoms with E-state index >= 15 is 0 Å². The summed E-state index contributed by atoms with van der Waals surface area (Å²) in [4.78, 5) is 40.9. The van der Waals surface area contributed by atoms with Gasteiger partial charge in [0.15, 0.2) is 52.4 Å². The third kappa shape index (κ3) is 20.4. The van der Waals surface area contributed by atoms with Crippen molar-refractivity contribution in [3.63, 3.8) is 0 Å². The van der Waals surface area contributed by atoms with Gasteiger partial charge in [0.1, 0.15) is 34.5 Å². The van der Waals surface area contributed by atoms with Crippen molar-refractivity contribution in [2.75, 3.05) is 0 Å². The number of rotatable bonds is 9. The fraction of sp³-hybridized carbons (Fsp3) is 0.125. The predicted octanol–water partition coefficient (Wildman–Crippen LogP) is 15.0. The standard InChI is InChI=1S/C23H19N3O2.C22H17N3O2.C21H15N3O2.6CH3B/c1-14-11-12-16(15(2)13-14)21-24-22(17-7-3-5-9-19(17)27)26-23(25-21)18-8-4-6-10-20(18)28;1-14-10-12-15(13-11-14)20-23-21(16-6-2-4-8-18(16)26)25-22(24-20)17-7-3-5-9-19(17)27;25-17-12-6-4-10-15(17)20-22-19(14-8-2-1-3-9-14)23-21(24-20)16-11-5-7-13-18(16)26;6*1-2/h3-13,27-28H,1-2H3;2-13,26-27H,1H3;1-13,25-26H;6*1H3. The van der Waals surface area contributed by atoms with Gasteiger partial charge < -0.3 is 30.6 Å². The van der Waals surface area contributed by atoms with Crippen molar-refractivity contribution in [1.82, 2.24) is 44.9 Å². The molecule has 0 amide bonds. The summed E-state index contributed by atoms with van der Waals surface area (Å²) in [5.74, 6) is 4.02. The number of aromatic hydroxyl groups is 6. The van der Waals surface area contributed by atoms with Gasteiger partial charge in [-0.1, -0.05) is 198 Å². The van der Waals surface area contributed by atoms with E-state index in [9.17, 15) is 30.6 Å². The summed E-state index contributed by atoms with van der Waals surface area (Å²) in [5, 5.41) is 61.4. The van der Waals surface area contributed by atoms with E-state index in [1.165, 1.54) is 40.9 Å². The molecular formula is C72H69B6N9O6. The van der Waals surface area contributed by atoms with E-state index < -0.39 is 0 Å². The molecule has 0 atom stereocenters. The van der Waals surface area contributed by atoms with E-state index in [0.29, 0.717) is 85.8 Å². The molecule has 12 radical (unpaired) electrons. The summed E-state index contributed by atoms with van der Waals surface area (Å²) in [6.45, 7) is 15.1. The molecule has 21 heteroatoms. The number of phenolic OH excluding ortho intramolecular Hbond substituents is 6. The van der Waals surface area contributed by atoms with Gasteiger partial charge in [-0.2, -0.15) is 0 Å². The van der Waals surface area contributed by atoms with Gasteiger partial charge in [-0.05, 0) is 99.1 Å². The summed E-state index contributed by atoms with van der Waals surface area (Å²) in [6, 6.07) is 64.7. The number of aryl methyl sites for hydroxylation is 3. The van der Waals surface area contributed by atoms with Gasteiger partial charge in [-0.3, -0.25) is 0 Å². The lowest BCUT2D eigenvalue weighted by Crippen LogP contribution is -2.01. The van der Waals surface area contributed by atoms with E-state index in [4.69, 9.17) is 0 Å². The number of hydrogen-bond donors (Lipinski definition) is 6. The normalized spacial score (nSPS) is 9.65. The van der Waals surface area contributed by atoms with Crippen molar-refractivity contribution < 1.29 is 30.6 Å². The molecule has 0 aliphatic heterocycles. The van der Waals surface area contributed by atoms with E-state index in [1.807, 2.05) is 112 Å². The van der Waals surface area contributed by atoms with Crippen LogP contribution in [0.15, 0.2) is 218 Å². The molecule has 0 unspecified atom stereocenters. The first-order chi connectivity index (χ1) is 45.4. The van der Waals surface area contributed by atoms with Crippen LogP contribution in [0, 0.1) is 20.8 Å². The van der Waals surface area contributed by atoms with Crippen LogP contribution in [0.5, 0.6) is 34.5 Å². The number of hydrogen-bond acceptors (Lipinski definition) is 15. The van der Waals surface area contributed by atoms with Crippen LogP contribution >= 0.6 is 0 Å². The number of para-hydroxylation sites is 6. The molecule has 15 nitrogen and oxygen atoms in total. The molecule has 0 aliphatic carbocycles. The Morgan fingerprint density at radius 2 is 0.409 bits per heavy atom. The Labute approximate surface area is 553 Å². The van der Waals surface area contributed by atoms with Crippen LogP contribution < -0.4 is 0 Å². The molecule has 0 bridgehead atoms. The number of benzene rings is 9. The molecule has 0 saturated heterocycles. The van der Waals surface area contributed by atoms with Crippen molar-refractivity contribution in [2.24, 2.45) is 0 Å². The van der Waals surface area contributed by atoms with Crippen LogP contribution in [-0.4, -0.2) is 123 Å². The number of aromatic nitrogens is 9. The highest BCUT2D eigenvalue weighted by atomic mass is 16.3. The Morgan fingerprint density at radius 1 is 0.204 bits per heavy atom. The lowest BCUT2D eigenvalue weighted by Gasteiger charge is -2.11. The van der Waals surface area contributed by atoms with Gasteiger partial charge in [0.25, 0.3) is 0 Å². The lowest BCUT2D eigenvalue weighted by molar-refractivity contribution is 0.475. The zero-order valence-electron chi connectivity index (χ0n) is 53.5. The molecule has 456 valence electrons. The average Bonchev–Trinajstić information content (AvgIpc) is 0.921. The molecule has 0 fully saturated rings. The van der Waals surface area contributed by atoms with E-state index in [0.717, 1.165) is 33.4 Å². The van der Waals surface area contributed by atoms with Crippen LogP contribution in [0.3, 0.4) is 0 Å². The topological polar surface area (TPSA) is 237 Å². The van der Waals surface area contributed by atoms with Gasteiger partial charge in [-0.25, -0.2) is 44.9 Å². The van der Waals surface area contributed by atoms with Gasteiger partial charge in [-0.15, -0.1) is 0 Å². The fourth-order valence-electron chi connectivity index (χ4n) is 8.56. The highest BCUT2D eigenvalue weighted by Gasteiger charge is 2.20. The number of nitrogens with zero attached hydrogens (tertiary/aromatic N) is 9. The lowest BCUT2D eigenvalue weighted by atomic mass is 10.0. The molecule has 3 aromatic heterocycles. The Balaban J connectivity index is 0.000000275. The summed E-state index contributed by atoms with van der Waals surface area (Å²) < 4.78 is 0. The van der Waals surface area contributed by atoms with Gasteiger partial charge in [0.2, 0.25) is 0 Å². The molecule has 12 aromatic rings. The Kier molecular flexibility index (Phi) is 31.6. The maximum absolute atomic E-state index is 10.3. The smallest absolute Gasteiger partial charge is 0.167 e. The first-order valence-corrected chi connectivity index (χ1v) is 29.0. The molecule has 0 aliphatic rings. The third-order valence-corrected chi connectivity index (χ3v) is 12.7. The van der Waals surface area contributed by atoms with E-state index in [1.54, 1.807) is 121 Å². The Morgan fingerprint density at radius 3 is 0.656 bits per heavy atom. The Hall–Kier alpha value is -10.8. The second-order valence-electron chi connectivity index (χ2n) is 18.6. The van der Waals surface area contributed by atoms with E-state index in [-0.39, 0.29) is 34.5 Å². The first-order valence-electron chi connectivity index (χ1n) is 29.0. The SMILES string of the molecule is Cc1ccc(-c2nc(-c3ccccc3O)nc(-c3ccccc3O)n2)c(C)c1.Cc1ccc(-c2nc(-c3ccccc3O)nc(-c3ccccc3O)n2)cc1.Oc1ccccc1-c1nc(-c2ccccc2)nc(-c2ccccc2O)n1.[B]C.[B]C.[B]C.[B]C.[B]C.[B]C. The monoisotopic (exact) mass is 1220 g/mol. The molecule has 3 heterocycles. The summed E-state index contributed by atoms with van der Waals surface area (Å²) in [5.41, 5.74) is 8.88. The van der Waals surface area contributed by atoms with Gasteiger partial charge >= 0.3 is 0 Å². The zero-order valence-corrected chi connectivity index (χ0v) is 53.5. The van der Waals surface area contributed by atoms with Crippen molar-refractivity contribution in [1.29, 1.82) is 0 Å². The van der Waals surface area contributed by atoms with Gasteiger partial charge in [0.05, 0.1) is 80.5 Å². The molecule has 93 heavy (non-hydrogen) atoms. The van der Waals surface area contributed by atoms with Crippen LogP contribution in [0.25, 0.3) is 102 Å². The Bertz CT molecular complexity index is 4040. The first kappa shape index (κ1) is 74.7. The zero-order chi connectivity index (χ0) is 68.4. The van der Waals surface area contributed by atoms with Gasteiger partial charge in [0, 0.05) is 16.7 Å². The van der Waals surface area contributed by atoms with Crippen LogP contribution in [0.2, 0.25) is 40.9 Å². The fourth-order valence-corrected chi connectivity index (χ4v) is 8.56. The highest BCUT2D eigenvalue weighted by molar-refractivity contribution is 6.06. The van der Waals surface area contributed by atoms with Crippen LogP contribution in [0.1, 0.15) is 16.7 Å². The van der Waals surface area contributed by atoms with E-state index in [2.05, 4.69) is 98.0 Å². The average molecular weight is 1220 g/mol. The minimum Gasteiger partial charge on any atom is -0.507 e. The summed E-state index contributed by atoms with van der Waals surface area (Å²) >= 11 is 0. The minimum absolute atomic E-state index is 0.0842. The maximum atomic E-state index is 10.3. The molecule has 0 spiro atoms. The summed E-state index contributed by atoms with van der Waals surface area (Å²) in [6.07, 6.45) is 0. The largest absolute Gasteiger partial charge is 0.507 e. The molecular weight excluding hydrogens is 1150 g/mol. The maximum Gasteiger partial charge on any atom is 0.167 e. The summed E-state index contributed by atoms with van der Waals surface area (Å²) in [7, 11) is 27.0. The quantitative estimate of drug-likeness (QED) is 0.0737. The highest BCUT2D eigenvalue weighted by Crippen LogP contribution is 2.36. The van der Waals surface area contributed by atoms with Crippen molar-refractivity contribution in [3.05, 3.63) is 235 Å². The molecule has 6 N–H and O–H groups in total. The third-order valence-electron chi connectivity index (χ3n) is 12.7. The van der Waals surface area contributed by atoms with Crippen molar-refractivity contribution in [3.8, 4) is 137 Å². The number of phenols is 6.